The van der Waals surface area contributed by atoms with Crippen LogP contribution in [0.5, 0.6) is 0 Å². The van der Waals surface area contributed by atoms with Gasteiger partial charge in [-0.2, -0.15) is 0 Å². The lowest BCUT2D eigenvalue weighted by Crippen LogP contribution is -2.02. The number of aromatic nitrogens is 2. The van der Waals surface area contributed by atoms with Gasteiger partial charge in [-0.3, -0.25) is 0 Å². The zero-order valence-electron chi connectivity index (χ0n) is 9.15. The van der Waals surface area contributed by atoms with Gasteiger partial charge in [0, 0.05) is 24.5 Å². The van der Waals surface area contributed by atoms with Gasteiger partial charge in [0.15, 0.2) is 0 Å². The molecule has 2 rings (SSSR count). The van der Waals surface area contributed by atoms with Gasteiger partial charge in [0.25, 0.3) is 0 Å². The minimum atomic E-state index is -0.399. The Labute approximate surface area is 93.7 Å². The molecule has 0 aliphatic rings. The van der Waals surface area contributed by atoms with Crippen LogP contribution in [-0.4, -0.2) is 9.55 Å². The average molecular weight is 219 g/mol. The standard InChI is InChI=1S/C12H14FN3/c1-2-7-16-8-6-15-12(16)9-4-3-5-10(13)11(9)14/h3-6,8H,2,7,14H2,1H3. The molecule has 0 atom stereocenters. The van der Waals surface area contributed by atoms with Gasteiger partial charge < -0.3 is 10.3 Å². The summed E-state index contributed by atoms with van der Waals surface area (Å²) in [4.78, 5) is 4.22. The SMILES string of the molecule is CCCn1ccnc1-c1cccc(F)c1N. The number of para-hydroxylation sites is 1. The van der Waals surface area contributed by atoms with Crippen LogP contribution < -0.4 is 5.73 Å². The van der Waals surface area contributed by atoms with Crippen LogP contribution in [0.2, 0.25) is 0 Å². The van der Waals surface area contributed by atoms with E-state index in [2.05, 4.69) is 11.9 Å². The number of nitrogens with zero attached hydrogens (tertiary/aromatic N) is 2. The molecule has 0 spiro atoms. The van der Waals surface area contributed by atoms with E-state index in [1.165, 1.54) is 6.07 Å². The Morgan fingerprint density at radius 2 is 2.25 bits per heavy atom. The first-order chi connectivity index (χ1) is 7.74. The predicted molar refractivity (Wildman–Crippen MR) is 62.3 cm³/mol. The second kappa shape index (κ2) is 4.35. The number of hydrogen-bond donors (Lipinski definition) is 1. The van der Waals surface area contributed by atoms with Crippen LogP contribution in [0.15, 0.2) is 30.6 Å². The molecule has 0 amide bonds. The third-order valence-corrected chi connectivity index (χ3v) is 2.47. The predicted octanol–water partition coefficient (Wildman–Crippen LogP) is 2.68. The van der Waals surface area contributed by atoms with E-state index >= 15 is 0 Å². The maximum atomic E-state index is 13.3. The summed E-state index contributed by atoms with van der Waals surface area (Å²) in [6.45, 7) is 2.93. The molecule has 0 saturated heterocycles. The van der Waals surface area contributed by atoms with Crippen molar-refractivity contribution in [3.05, 3.63) is 36.4 Å². The van der Waals surface area contributed by atoms with Crippen molar-refractivity contribution in [3.8, 4) is 11.4 Å². The van der Waals surface area contributed by atoms with Crippen molar-refractivity contribution in [2.45, 2.75) is 19.9 Å². The fraction of sp³-hybridized carbons (Fsp3) is 0.250. The van der Waals surface area contributed by atoms with Gasteiger partial charge in [-0.15, -0.1) is 0 Å². The molecular weight excluding hydrogens is 205 g/mol. The maximum absolute atomic E-state index is 13.3. The molecule has 1 heterocycles. The van der Waals surface area contributed by atoms with E-state index in [0.29, 0.717) is 5.56 Å². The number of halogens is 1. The van der Waals surface area contributed by atoms with E-state index in [4.69, 9.17) is 5.73 Å². The lowest BCUT2D eigenvalue weighted by Gasteiger charge is -2.08. The summed E-state index contributed by atoms with van der Waals surface area (Å²) in [5.74, 6) is 0.322. The van der Waals surface area contributed by atoms with Crippen LogP contribution >= 0.6 is 0 Å². The van der Waals surface area contributed by atoms with E-state index in [1.807, 2.05) is 10.8 Å². The van der Waals surface area contributed by atoms with Crippen LogP contribution in [0.3, 0.4) is 0 Å². The monoisotopic (exact) mass is 219 g/mol. The summed E-state index contributed by atoms with van der Waals surface area (Å²) in [5, 5.41) is 0. The molecule has 0 aliphatic heterocycles. The van der Waals surface area contributed by atoms with E-state index < -0.39 is 5.82 Å². The summed E-state index contributed by atoms with van der Waals surface area (Å²) in [7, 11) is 0. The third kappa shape index (κ3) is 1.78. The van der Waals surface area contributed by atoms with Crippen molar-refractivity contribution in [2.24, 2.45) is 0 Å². The van der Waals surface area contributed by atoms with E-state index in [0.717, 1.165) is 18.8 Å². The second-order valence-electron chi connectivity index (χ2n) is 3.65. The molecule has 3 nitrogen and oxygen atoms in total. The summed E-state index contributed by atoms with van der Waals surface area (Å²) >= 11 is 0. The molecule has 0 bridgehead atoms. The summed E-state index contributed by atoms with van der Waals surface area (Å²) in [6, 6.07) is 4.78. The van der Waals surface area contributed by atoms with Gasteiger partial charge in [-0.05, 0) is 18.6 Å². The molecule has 2 aromatic rings. The molecule has 0 aliphatic carbocycles. The van der Waals surface area contributed by atoms with Crippen molar-refractivity contribution in [3.63, 3.8) is 0 Å². The summed E-state index contributed by atoms with van der Waals surface area (Å²) in [6.07, 6.45) is 4.58. The third-order valence-electron chi connectivity index (χ3n) is 2.47. The second-order valence-corrected chi connectivity index (χ2v) is 3.65. The molecule has 0 unspecified atom stereocenters. The first-order valence-corrected chi connectivity index (χ1v) is 5.29. The fourth-order valence-electron chi connectivity index (χ4n) is 1.71. The molecule has 16 heavy (non-hydrogen) atoms. The highest BCUT2D eigenvalue weighted by molar-refractivity contribution is 5.72. The van der Waals surface area contributed by atoms with Crippen molar-refractivity contribution < 1.29 is 4.39 Å². The normalized spacial score (nSPS) is 10.6. The molecule has 1 aromatic carbocycles. The maximum Gasteiger partial charge on any atom is 0.146 e. The molecule has 0 radical (unpaired) electrons. The molecule has 84 valence electrons. The number of hydrogen-bond acceptors (Lipinski definition) is 2. The Hall–Kier alpha value is -1.84. The largest absolute Gasteiger partial charge is 0.396 e. The molecule has 0 fully saturated rings. The number of nitrogen functional groups attached to an aromatic ring is 1. The Morgan fingerprint density at radius 1 is 1.44 bits per heavy atom. The van der Waals surface area contributed by atoms with Crippen molar-refractivity contribution in [1.29, 1.82) is 0 Å². The van der Waals surface area contributed by atoms with Crippen molar-refractivity contribution in [1.82, 2.24) is 9.55 Å². The number of nitrogens with two attached hydrogens (primary N) is 1. The molecule has 1 aromatic heterocycles. The Balaban J connectivity index is 2.50. The molecule has 0 saturated carbocycles. The van der Waals surface area contributed by atoms with Crippen molar-refractivity contribution in [2.75, 3.05) is 5.73 Å². The van der Waals surface area contributed by atoms with E-state index in [9.17, 15) is 4.39 Å². The van der Waals surface area contributed by atoms with E-state index in [1.54, 1.807) is 18.3 Å². The number of aryl methyl sites for hydroxylation is 1. The minimum absolute atomic E-state index is 0.158. The highest BCUT2D eigenvalue weighted by atomic mass is 19.1. The van der Waals surface area contributed by atoms with Gasteiger partial charge >= 0.3 is 0 Å². The molecule has 2 N–H and O–H groups in total. The van der Waals surface area contributed by atoms with Gasteiger partial charge in [0.05, 0.1) is 5.69 Å². The number of benzene rings is 1. The zero-order chi connectivity index (χ0) is 11.5. The number of rotatable bonds is 3. The smallest absolute Gasteiger partial charge is 0.146 e. The highest BCUT2D eigenvalue weighted by Gasteiger charge is 2.11. The fourth-order valence-corrected chi connectivity index (χ4v) is 1.71. The molecule has 4 heteroatoms. The lowest BCUT2D eigenvalue weighted by molar-refractivity contribution is 0.632. The van der Waals surface area contributed by atoms with Gasteiger partial charge in [0.1, 0.15) is 11.6 Å². The first kappa shape index (κ1) is 10.7. The van der Waals surface area contributed by atoms with Gasteiger partial charge in [0.2, 0.25) is 0 Å². The first-order valence-electron chi connectivity index (χ1n) is 5.29. The van der Waals surface area contributed by atoms with Crippen LogP contribution in [0.1, 0.15) is 13.3 Å². The zero-order valence-corrected chi connectivity index (χ0v) is 9.15. The quantitative estimate of drug-likeness (QED) is 0.806. The van der Waals surface area contributed by atoms with Crippen molar-refractivity contribution >= 4 is 5.69 Å². The lowest BCUT2D eigenvalue weighted by atomic mass is 10.1. The number of anilines is 1. The van der Waals surface area contributed by atoms with E-state index in [-0.39, 0.29) is 5.69 Å². The van der Waals surface area contributed by atoms with Gasteiger partial charge in [-0.1, -0.05) is 13.0 Å². The number of imidazole rings is 1. The highest BCUT2D eigenvalue weighted by Crippen LogP contribution is 2.26. The Kier molecular flexibility index (Phi) is 2.90. The average Bonchev–Trinajstić information content (AvgIpc) is 2.71. The molecular formula is C12H14FN3. The van der Waals surface area contributed by atoms with Crippen LogP contribution in [-0.2, 0) is 6.54 Å². The minimum Gasteiger partial charge on any atom is -0.396 e. The topological polar surface area (TPSA) is 43.8 Å². The Morgan fingerprint density at radius 3 is 3.00 bits per heavy atom. The van der Waals surface area contributed by atoms with Gasteiger partial charge in [-0.25, -0.2) is 9.37 Å². The summed E-state index contributed by atoms with van der Waals surface area (Å²) < 4.78 is 15.3. The summed E-state index contributed by atoms with van der Waals surface area (Å²) in [5.41, 5.74) is 6.52. The van der Waals surface area contributed by atoms with Crippen LogP contribution in [0.25, 0.3) is 11.4 Å². The van der Waals surface area contributed by atoms with Crippen LogP contribution in [0, 0.1) is 5.82 Å². The Bertz CT molecular complexity index is 491. The van der Waals surface area contributed by atoms with Crippen LogP contribution in [0.4, 0.5) is 10.1 Å².